The van der Waals surface area contributed by atoms with E-state index in [4.69, 9.17) is 11.6 Å². The highest BCUT2D eigenvalue weighted by Gasteiger charge is 2.26. The van der Waals surface area contributed by atoms with Gasteiger partial charge < -0.3 is 15.1 Å². The largest absolute Gasteiger partial charge is 0.376 e. The molecule has 1 heterocycles. The Bertz CT molecular complexity index is 2210. The highest BCUT2D eigenvalue weighted by atomic mass is 35.5. The molecule has 56 heavy (non-hydrogen) atoms. The molecular formula is C43H46ClN5O5S2. The third kappa shape index (κ3) is 11.0. The third-order valence-electron chi connectivity index (χ3n) is 9.82. The van der Waals surface area contributed by atoms with Crippen molar-refractivity contribution < 1.29 is 18.1 Å². The predicted octanol–water partition coefficient (Wildman–Crippen LogP) is 8.42. The van der Waals surface area contributed by atoms with E-state index in [1.165, 1.54) is 23.3 Å². The van der Waals surface area contributed by atoms with Crippen LogP contribution in [0.4, 0.5) is 17.1 Å². The van der Waals surface area contributed by atoms with Gasteiger partial charge in [-0.25, -0.2) is 8.42 Å². The number of halogens is 1. The third-order valence-corrected chi connectivity index (χ3v) is 12.9. The van der Waals surface area contributed by atoms with Gasteiger partial charge in [-0.2, -0.15) is 0 Å². The maximum Gasteiger partial charge on any atom is 0.293 e. The molecule has 0 bridgehead atoms. The molecule has 1 aliphatic rings. The first-order valence-corrected chi connectivity index (χ1v) is 21.5. The van der Waals surface area contributed by atoms with Gasteiger partial charge in [0.05, 0.1) is 9.82 Å². The summed E-state index contributed by atoms with van der Waals surface area (Å²) in [4.78, 5) is 32.4. The molecular weight excluding hydrogens is 766 g/mol. The molecule has 1 aliphatic heterocycles. The van der Waals surface area contributed by atoms with E-state index in [-0.39, 0.29) is 27.9 Å². The molecule has 0 aromatic heterocycles. The minimum atomic E-state index is -4.18. The molecule has 6 rings (SSSR count). The molecule has 13 heteroatoms. The summed E-state index contributed by atoms with van der Waals surface area (Å²) < 4.78 is 26.9. The minimum Gasteiger partial charge on any atom is -0.376 e. The summed E-state index contributed by atoms with van der Waals surface area (Å²) in [6.45, 7) is 4.90. The summed E-state index contributed by atoms with van der Waals surface area (Å²) in [5, 5.41) is 16.2. The first kappa shape index (κ1) is 40.9. The SMILES string of the molecule is CN(C)CCC(CSc1ccccc1)Nc1ccc(S(=O)(=O)CC(=O)c2ccc(N3CCN(Cc4ccccc4-c4ccc(Cl)cc4)CC3)cc2)cc1[N+](=O)[O-]. The van der Waals surface area contributed by atoms with Crippen LogP contribution in [-0.2, 0) is 16.4 Å². The van der Waals surface area contributed by atoms with Crippen LogP contribution in [0.5, 0.6) is 0 Å². The average Bonchev–Trinajstić information content (AvgIpc) is 3.20. The van der Waals surface area contributed by atoms with E-state index < -0.39 is 26.3 Å². The zero-order valence-corrected chi connectivity index (χ0v) is 33.9. The topological polar surface area (TPSA) is 116 Å². The molecule has 0 aliphatic carbocycles. The summed E-state index contributed by atoms with van der Waals surface area (Å²) >= 11 is 7.76. The number of piperazine rings is 1. The summed E-state index contributed by atoms with van der Waals surface area (Å²) in [6, 6.07) is 36.9. The number of thioether (sulfide) groups is 1. The molecule has 5 aromatic rings. The molecule has 0 amide bonds. The fraction of sp³-hybridized carbons (Fsp3) is 0.279. The number of nitrogens with zero attached hydrogens (tertiary/aromatic N) is 4. The van der Waals surface area contributed by atoms with Crippen molar-refractivity contribution in [3.8, 4) is 11.1 Å². The second-order valence-corrected chi connectivity index (χ2v) is 17.7. The van der Waals surface area contributed by atoms with Crippen molar-refractivity contribution in [3.05, 3.63) is 148 Å². The van der Waals surface area contributed by atoms with Crippen LogP contribution in [0.15, 0.2) is 131 Å². The van der Waals surface area contributed by atoms with Gasteiger partial charge in [0.25, 0.3) is 5.69 Å². The monoisotopic (exact) mass is 811 g/mol. The number of anilines is 2. The lowest BCUT2D eigenvalue weighted by Gasteiger charge is -2.36. The van der Waals surface area contributed by atoms with E-state index in [0.717, 1.165) is 61.5 Å². The second-order valence-electron chi connectivity index (χ2n) is 14.1. The van der Waals surface area contributed by atoms with Gasteiger partial charge in [0.1, 0.15) is 11.4 Å². The lowest BCUT2D eigenvalue weighted by Crippen LogP contribution is -2.46. The fourth-order valence-corrected chi connectivity index (χ4v) is 9.06. The Morgan fingerprint density at radius 2 is 1.57 bits per heavy atom. The Morgan fingerprint density at radius 3 is 2.25 bits per heavy atom. The molecule has 10 nitrogen and oxygen atoms in total. The first-order valence-electron chi connectivity index (χ1n) is 18.5. The molecule has 1 saturated heterocycles. The molecule has 1 fully saturated rings. The van der Waals surface area contributed by atoms with Gasteiger partial charge in [0.2, 0.25) is 0 Å². The van der Waals surface area contributed by atoms with E-state index in [9.17, 15) is 23.3 Å². The highest BCUT2D eigenvalue weighted by Crippen LogP contribution is 2.31. The van der Waals surface area contributed by atoms with Crippen LogP contribution in [0.2, 0.25) is 5.02 Å². The van der Waals surface area contributed by atoms with E-state index in [2.05, 4.69) is 33.3 Å². The molecule has 0 saturated carbocycles. The lowest BCUT2D eigenvalue weighted by molar-refractivity contribution is -0.384. The van der Waals surface area contributed by atoms with Gasteiger partial charge in [-0.15, -0.1) is 11.8 Å². The smallest absolute Gasteiger partial charge is 0.293 e. The normalized spacial score (nSPS) is 14.1. The summed E-state index contributed by atoms with van der Waals surface area (Å²) in [5.41, 5.74) is 4.67. The number of carbonyl (C=O) groups excluding carboxylic acids is 1. The number of hydrogen-bond acceptors (Lipinski definition) is 10. The Hall–Kier alpha value is -4.72. The molecule has 1 N–H and O–H groups in total. The zero-order valence-electron chi connectivity index (χ0n) is 31.5. The number of Topliss-reactive ketones (excluding diaryl/α,β-unsaturated/α-hetero) is 1. The standard InChI is InChI=1S/C43H46ClN5O5S2/c1-46(2)23-22-36(30-55-38-9-4-3-5-10-38)45-41-21-20-39(28-42(41)49(51)52)56(53,54)31-43(50)33-14-18-37(19-15-33)48-26-24-47(25-27-48)29-34-8-6-7-11-40(34)32-12-16-35(44)17-13-32/h3-21,28,36,45H,22-27,29-31H2,1-2H3. The Labute approximate surface area is 338 Å². The molecule has 1 unspecified atom stereocenters. The van der Waals surface area contributed by atoms with Crippen molar-refractivity contribution in [1.82, 2.24) is 9.80 Å². The molecule has 5 aromatic carbocycles. The van der Waals surface area contributed by atoms with Crippen molar-refractivity contribution in [2.24, 2.45) is 0 Å². The van der Waals surface area contributed by atoms with Crippen molar-refractivity contribution in [1.29, 1.82) is 0 Å². The van der Waals surface area contributed by atoms with Crippen molar-refractivity contribution in [2.45, 2.75) is 28.8 Å². The van der Waals surface area contributed by atoms with Gasteiger partial charge in [0, 0.05) is 71.8 Å². The van der Waals surface area contributed by atoms with E-state index in [0.29, 0.717) is 17.2 Å². The summed E-state index contributed by atoms with van der Waals surface area (Å²) in [6.07, 6.45) is 0.717. The number of nitro groups is 1. The Morgan fingerprint density at radius 1 is 0.893 bits per heavy atom. The quantitative estimate of drug-likeness (QED) is 0.0425. The number of hydrogen-bond donors (Lipinski definition) is 1. The molecule has 292 valence electrons. The minimum absolute atomic E-state index is 0.125. The molecule has 1 atom stereocenters. The maximum absolute atomic E-state index is 13.5. The van der Waals surface area contributed by atoms with Crippen LogP contribution < -0.4 is 10.2 Å². The second kappa shape index (κ2) is 18.9. The summed E-state index contributed by atoms with van der Waals surface area (Å²) in [5.74, 6) is -0.724. The predicted molar refractivity (Wildman–Crippen MR) is 228 cm³/mol. The number of carbonyl (C=O) groups is 1. The van der Waals surface area contributed by atoms with E-state index in [1.807, 2.05) is 91.8 Å². The van der Waals surface area contributed by atoms with Crippen LogP contribution in [0, 0.1) is 10.1 Å². The average molecular weight is 812 g/mol. The number of sulfone groups is 1. The van der Waals surface area contributed by atoms with Crippen molar-refractivity contribution in [2.75, 3.05) is 68.5 Å². The van der Waals surface area contributed by atoms with Gasteiger partial charge in [-0.3, -0.25) is 19.8 Å². The number of ketones is 1. The lowest BCUT2D eigenvalue weighted by atomic mass is 9.99. The highest BCUT2D eigenvalue weighted by molar-refractivity contribution is 7.99. The number of nitrogens with one attached hydrogen (secondary N) is 1. The molecule has 0 radical (unpaired) electrons. The number of rotatable bonds is 17. The van der Waals surface area contributed by atoms with Gasteiger partial charge in [0.15, 0.2) is 15.6 Å². The van der Waals surface area contributed by atoms with Crippen molar-refractivity contribution in [3.63, 3.8) is 0 Å². The van der Waals surface area contributed by atoms with Crippen molar-refractivity contribution >= 4 is 56.0 Å². The van der Waals surface area contributed by atoms with Crippen LogP contribution >= 0.6 is 23.4 Å². The Balaban J connectivity index is 1.06. The number of nitro benzene ring substituents is 1. The van der Waals surface area contributed by atoms with Gasteiger partial charge in [-0.05, 0) is 104 Å². The summed E-state index contributed by atoms with van der Waals surface area (Å²) in [7, 11) is -0.245. The number of benzene rings is 5. The maximum atomic E-state index is 13.5. The van der Waals surface area contributed by atoms with Gasteiger partial charge in [-0.1, -0.05) is 66.2 Å². The van der Waals surface area contributed by atoms with Crippen LogP contribution in [0.25, 0.3) is 11.1 Å². The van der Waals surface area contributed by atoms with Gasteiger partial charge >= 0.3 is 0 Å². The Kier molecular flexibility index (Phi) is 13.8. The molecule has 0 spiro atoms. The van der Waals surface area contributed by atoms with Crippen LogP contribution in [0.3, 0.4) is 0 Å². The van der Waals surface area contributed by atoms with Crippen LogP contribution in [-0.4, -0.2) is 93.3 Å². The van der Waals surface area contributed by atoms with E-state index >= 15 is 0 Å². The zero-order chi connectivity index (χ0) is 39.7. The van der Waals surface area contributed by atoms with E-state index in [1.54, 1.807) is 23.9 Å². The van der Waals surface area contributed by atoms with Crippen LogP contribution in [0.1, 0.15) is 22.3 Å². The first-order chi connectivity index (χ1) is 26.9. The fourth-order valence-electron chi connectivity index (χ4n) is 6.69.